The molecule has 18 heavy (non-hydrogen) atoms. The minimum atomic E-state index is 0.0184. The van der Waals surface area contributed by atoms with E-state index in [-0.39, 0.29) is 5.54 Å². The van der Waals surface area contributed by atoms with Gasteiger partial charge in [-0.25, -0.2) is 0 Å². The van der Waals surface area contributed by atoms with Crippen LogP contribution in [0.2, 0.25) is 0 Å². The van der Waals surface area contributed by atoms with Crippen molar-refractivity contribution in [3.8, 4) is 0 Å². The Hall–Kier alpha value is -1.16. The maximum Gasteiger partial charge on any atom is 0.191 e. The summed E-state index contributed by atoms with van der Waals surface area (Å²) in [7, 11) is 1.79. The van der Waals surface area contributed by atoms with Crippen LogP contribution in [0.1, 0.15) is 26.3 Å². The predicted octanol–water partition coefficient (Wildman–Crippen LogP) is 2.87. The van der Waals surface area contributed by atoms with Crippen LogP contribution in [-0.4, -0.2) is 24.8 Å². The summed E-state index contributed by atoms with van der Waals surface area (Å²) in [6.07, 6.45) is 2.09. The van der Waals surface area contributed by atoms with Gasteiger partial charge in [0.15, 0.2) is 5.96 Å². The van der Waals surface area contributed by atoms with E-state index in [9.17, 15) is 0 Å². The van der Waals surface area contributed by atoms with E-state index in [4.69, 9.17) is 0 Å². The highest BCUT2D eigenvalue weighted by Gasteiger charge is 2.11. The first-order valence-corrected chi connectivity index (χ1v) is 7.29. The molecule has 1 aromatic carbocycles. The molecule has 0 aliphatic carbocycles. The van der Waals surface area contributed by atoms with Gasteiger partial charge in [-0.15, -0.1) is 11.8 Å². The highest BCUT2D eigenvalue weighted by molar-refractivity contribution is 7.98. The van der Waals surface area contributed by atoms with Crippen molar-refractivity contribution in [2.45, 2.75) is 37.8 Å². The summed E-state index contributed by atoms with van der Waals surface area (Å²) in [4.78, 5) is 5.50. The Morgan fingerprint density at radius 2 is 1.83 bits per heavy atom. The van der Waals surface area contributed by atoms with Crippen molar-refractivity contribution in [1.29, 1.82) is 0 Å². The van der Waals surface area contributed by atoms with Crippen LogP contribution in [0.5, 0.6) is 0 Å². The molecule has 0 saturated heterocycles. The lowest BCUT2D eigenvalue weighted by Gasteiger charge is -2.23. The van der Waals surface area contributed by atoms with Crippen LogP contribution >= 0.6 is 11.8 Å². The summed E-state index contributed by atoms with van der Waals surface area (Å²) in [5.74, 6) is 0.830. The molecule has 0 aliphatic heterocycles. The molecule has 0 amide bonds. The first-order valence-electron chi connectivity index (χ1n) is 6.06. The van der Waals surface area contributed by atoms with Gasteiger partial charge in [-0.3, -0.25) is 4.99 Å². The Labute approximate surface area is 114 Å². The maximum absolute atomic E-state index is 4.21. The van der Waals surface area contributed by atoms with Gasteiger partial charge >= 0.3 is 0 Å². The first-order chi connectivity index (χ1) is 8.44. The fourth-order valence-electron chi connectivity index (χ4n) is 1.46. The fraction of sp³-hybridized carbons (Fsp3) is 0.500. The normalized spacial score (nSPS) is 12.4. The lowest BCUT2D eigenvalue weighted by Crippen LogP contribution is -2.47. The Kier molecular flexibility index (Phi) is 5.54. The molecule has 4 heteroatoms. The summed E-state index contributed by atoms with van der Waals surface area (Å²) in [6.45, 7) is 7.14. The number of rotatable bonds is 3. The monoisotopic (exact) mass is 265 g/mol. The van der Waals surface area contributed by atoms with Gasteiger partial charge in [0.25, 0.3) is 0 Å². The minimum Gasteiger partial charge on any atom is -0.352 e. The van der Waals surface area contributed by atoms with Crippen LogP contribution in [0.4, 0.5) is 0 Å². The molecule has 0 aromatic heterocycles. The Bertz CT molecular complexity index is 390. The fourth-order valence-corrected chi connectivity index (χ4v) is 1.87. The zero-order valence-corrected chi connectivity index (χ0v) is 12.7. The van der Waals surface area contributed by atoms with Crippen LogP contribution in [0.3, 0.4) is 0 Å². The molecular weight excluding hydrogens is 242 g/mol. The van der Waals surface area contributed by atoms with E-state index in [1.807, 2.05) is 0 Å². The van der Waals surface area contributed by atoms with Crippen LogP contribution in [0, 0.1) is 0 Å². The second-order valence-corrected chi connectivity index (χ2v) is 6.03. The Balaban J connectivity index is 2.52. The first kappa shape index (κ1) is 14.9. The molecule has 0 saturated carbocycles. The van der Waals surface area contributed by atoms with Crippen molar-refractivity contribution in [1.82, 2.24) is 10.6 Å². The van der Waals surface area contributed by atoms with Gasteiger partial charge in [0.1, 0.15) is 0 Å². The Morgan fingerprint density at radius 1 is 1.22 bits per heavy atom. The van der Waals surface area contributed by atoms with Crippen LogP contribution in [-0.2, 0) is 6.54 Å². The second kappa shape index (κ2) is 6.69. The third-order valence-corrected chi connectivity index (χ3v) is 3.08. The van der Waals surface area contributed by atoms with Gasteiger partial charge in [0.05, 0.1) is 0 Å². The molecule has 0 fully saturated rings. The smallest absolute Gasteiger partial charge is 0.191 e. The largest absolute Gasteiger partial charge is 0.352 e. The van der Waals surface area contributed by atoms with Gasteiger partial charge < -0.3 is 10.6 Å². The molecule has 100 valence electrons. The lowest BCUT2D eigenvalue weighted by molar-refractivity contribution is 0.501. The molecule has 0 radical (unpaired) electrons. The number of nitrogens with zero attached hydrogens (tertiary/aromatic N) is 1. The Morgan fingerprint density at radius 3 is 2.28 bits per heavy atom. The molecule has 0 unspecified atom stereocenters. The summed E-state index contributed by atoms with van der Waals surface area (Å²) in [5.41, 5.74) is 1.27. The molecule has 1 rings (SSSR count). The van der Waals surface area contributed by atoms with Crippen molar-refractivity contribution in [3.63, 3.8) is 0 Å². The van der Waals surface area contributed by atoms with Crippen LogP contribution < -0.4 is 10.6 Å². The van der Waals surface area contributed by atoms with E-state index in [0.29, 0.717) is 0 Å². The summed E-state index contributed by atoms with van der Waals surface area (Å²) < 4.78 is 0. The highest BCUT2D eigenvalue weighted by Crippen LogP contribution is 2.14. The van der Waals surface area contributed by atoms with E-state index < -0.39 is 0 Å². The zero-order valence-electron chi connectivity index (χ0n) is 11.9. The van der Waals surface area contributed by atoms with Crippen molar-refractivity contribution in [3.05, 3.63) is 29.8 Å². The third kappa shape index (κ3) is 5.45. The molecule has 0 atom stereocenters. The average molecular weight is 265 g/mol. The van der Waals surface area contributed by atoms with Crippen LogP contribution in [0.15, 0.2) is 34.2 Å². The summed E-state index contributed by atoms with van der Waals surface area (Å²) in [5, 5.41) is 6.65. The van der Waals surface area contributed by atoms with Gasteiger partial charge in [-0.1, -0.05) is 12.1 Å². The molecule has 0 bridgehead atoms. The molecule has 0 heterocycles. The quantitative estimate of drug-likeness (QED) is 0.501. The van der Waals surface area contributed by atoms with E-state index >= 15 is 0 Å². The average Bonchev–Trinajstić information content (AvgIpc) is 2.33. The molecule has 0 spiro atoms. The number of nitrogens with one attached hydrogen (secondary N) is 2. The van der Waals surface area contributed by atoms with Crippen molar-refractivity contribution >= 4 is 17.7 Å². The van der Waals surface area contributed by atoms with E-state index in [1.54, 1.807) is 18.8 Å². The van der Waals surface area contributed by atoms with Crippen molar-refractivity contribution < 1.29 is 0 Å². The number of hydrogen-bond acceptors (Lipinski definition) is 2. The van der Waals surface area contributed by atoms with E-state index in [0.717, 1.165) is 12.5 Å². The highest BCUT2D eigenvalue weighted by atomic mass is 32.2. The summed E-state index contributed by atoms with van der Waals surface area (Å²) >= 11 is 1.76. The zero-order chi connectivity index (χ0) is 13.6. The molecule has 2 N–H and O–H groups in total. The molecule has 3 nitrogen and oxygen atoms in total. The predicted molar refractivity (Wildman–Crippen MR) is 81.3 cm³/mol. The number of hydrogen-bond donors (Lipinski definition) is 2. The molecule has 0 aliphatic rings. The molecular formula is C14H23N3S. The van der Waals surface area contributed by atoms with Gasteiger partial charge in [-0.05, 0) is 44.7 Å². The van der Waals surface area contributed by atoms with Crippen molar-refractivity contribution in [2.75, 3.05) is 13.3 Å². The van der Waals surface area contributed by atoms with Gasteiger partial charge in [0.2, 0.25) is 0 Å². The number of guanidine groups is 1. The topological polar surface area (TPSA) is 36.4 Å². The van der Waals surface area contributed by atoms with E-state index in [2.05, 4.69) is 66.9 Å². The van der Waals surface area contributed by atoms with Crippen LogP contribution in [0.25, 0.3) is 0 Å². The number of thioether (sulfide) groups is 1. The van der Waals surface area contributed by atoms with Crippen molar-refractivity contribution in [2.24, 2.45) is 4.99 Å². The van der Waals surface area contributed by atoms with Gasteiger partial charge in [0, 0.05) is 24.0 Å². The van der Waals surface area contributed by atoms with E-state index in [1.165, 1.54) is 10.5 Å². The third-order valence-electron chi connectivity index (χ3n) is 2.34. The number of aliphatic imine (C=N–C) groups is 1. The standard InChI is InChI=1S/C14H23N3S/c1-14(2,3)17-13(15-4)16-10-11-6-8-12(18-5)9-7-11/h6-9H,10H2,1-5H3,(H2,15,16,17). The molecule has 1 aromatic rings. The maximum atomic E-state index is 4.21. The lowest BCUT2D eigenvalue weighted by atomic mass is 10.1. The van der Waals surface area contributed by atoms with Gasteiger partial charge in [-0.2, -0.15) is 0 Å². The summed E-state index contributed by atoms with van der Waals surface area (Å²) in [6, 6.07) is 8.57. The SMILES string of the molecule is CN=C(NCc1ccc(SC)cc1)NC(C)(C)C. The number of benzene rings is 1. The minimum absolute atomic E-state index is 0.0184. The second-order valence-electron chi connectivity index (χ2n) is 5.15.